The molecule has 0 saturated carbocycles. The fourth-order valence-electron chi connectivity index (χ4n) is 5.25. The molecular formula is C29H32F3N5O2. The second-order valence-corrected chi connectivity index (χ2v) is 10.1. The molecule has 0 bridgehead atoms. The molecule has 4 aromatic rings. The average molecular weight is 540 g/mol. The van der Waals surface area contributed by atoms with Crippen molar-refractivity contribution >= 4 is 33.7 Å². The fourth-order valence-corrected chi connectivity index (χ4v) is 5.25. The van der Waals surface area contributed by atoms with Crippen LogP contribution >= 0.6 is 0 Å². The zero-order valence-electron chi connectivity index (χ0n) is 21.9. The van der Waals surface area contributed by atoms with Crippen LogP contribution in [0.4, 0.5) is 19.0 Å². The van der Waals surface area contributed by atoms with Crippen LogP contribution in [0.5, 0.6) is 0 Å². The van der Waals surface area contributed by atoms with E-state index in [1.165, 1.54) is 32.4 Å². The Bertz CT molecular complexity index is 1460. The first-order chi connectivity index (χ1) is 18.8. The van der Waals surface area contributed by atoms with E-state index < -0.39 is 18.6 Å². The SMILES string of the molecule is COC(=O)c1ccc2c(c1)[nH]c1nc(Cc3cccc(CC(F)(F)F)c3)nc(NCCCN3CCCCC3)c12. The van der Waals surface area contributed by atoms with Crippen LogP contribution in [0.2, 0.25) is 0 Å². The van der Waals surface area contributed by atoms with Crippen LogP contribution in [0.15, 0.2) is 42.5 Å². The van der Waals surface area contributed by atoms with Crippen LogP contribution in [-0.4, -0.2) is 65.3 Å². The van der Waals surface area contributed by atoms with E-state index in [1.54, 1.807) is 30.3 Å². The number of ether oxygens (including phenoxy) is 1. The zero-order valence-corrected chi connectivity index (χ0v) is 21.9. The van der Waals surface area contributed by atoms with Gasteiger partial charge < -0.3 is 19.9 Å². The summed E-state index contributed by atoms with van der Waals surface area (Å²) in [4.78, 5) is 27.4. The smallest absolute Gasteiger partial charge is 0.393 e. The Balaban J connectivity index is 1.44. The average Bonchev–Trinajstić information content (AvgIpc) is 3.28. The molecule has 0 aliphatic carbocycles. The molecule has 7 nitrogen and oxygen atoms in total. The number of alkyl halides is 3. The van der Waals surface area contributed by atoms with Crippen molar-refractivity contribution in [1.82, 2.24) is 19.9 Å². The summed E-state index contributed by atoms with van der Waals surface area (Å²) in [6, 6.07) is 11.7. The quantitative estimate of drug-likeness (QED) is 0.204. The molecule has 206 valence electrons. The van der Waals surface area contributed by atoms with Crippen molar-refractivity contribution < 1.29 is 22.7 Å². The Morgan fingerprint density at radius 3 is 2.64 bits per heavy atom. The molecule has 10 heteroatoms. The maximum Gasteiger partial charge on any atom is 0.393 e. The van der Waals surface area contributed by atoms with Crippen LogP contribution in [0.1, 0.15) is 53.0 Å². The monoisotopic (exact) mass is 539 g/mol. The molecule has 2 aromatic heterocycles. The van der Waals surface area contributed by atoms with Gasteiger partial charge in [-0.1, -0.05) is 36.8 Å². The second kappa shape index (κ2) is 11.6. The minimum atomic E-state index is -4.27. The summed E-state index contributed by atoms with van der Waals surface area (Å²) in [6.07, 6.45) is -0.218. The van der Waals surface area contributed by atoms with E-state index in [9.17, 15) is 18.0 Å². The molecular weight excluding hydrogens is 507 g/mol. The summed E-state index contributed by atoms with van der Waals surface area (Å²) < 4.78 is 43.6. The lowest BCUT2D eigenvalue weighted by molar-refractivity contribution is -0.127. The van der Waals surface area contributed by atoms with Gasteiger partial charge in [-0.15, -0.1) is 0 Å². The molecule has 1 aliphatic heterocycles. The molecule has 1 aliphatic rings. The maximum atomic E-state index is 12.9. The van der Waals surface area contributed by atoms with Crippen molar-refractivity contribution in [2.24, 2.45) is 0 Å². The highest BCUT2D eigenvalue weighted by atomic mass is 19.4. The molecule has 1 saturated heterocycles. The first-order valence-electron chi connectivity index (χ1n) is 13.3. The van der Waals surface area contributed by atoms with E-state index in [0.717, 1.165) is 48.9 Å². The number of aromatic amines is 1. The number of benzene rings is 2. The van der Waals surface area contributed by atoms with Crippen molar-refractivity contribution in [3.8, 4) is 0 Å². The Labute approximate surface area is 224 Å². The molecule has 0 atom stereocenters. The number of rotatable bonds is 9. The number of anilines is 1. The lowest BCUT2D eigenvalue weighted by Crippen LogP contribution is -2.31. The van der Waals surface area contributed by atoms with E-state index in [-0.39, 0.29) is 12.0 Å². The number of nitrogens with zero attached hydrogens (tertiary/aromatic N) is 3. The number of carbonyl (C=O) groups is 1. The number of aromatic nitrogens is 3. The van der Waals surface area contributed by atoms with Gasteiger partial charge >= 0.3 is 12.1 Å². The first-order valence-corrected chi connectivity index (χ1v) is 13.3. The molecule has 3 heterocycles. The lowest BCUT2D eigenvalue weighted by atomic mass is 10.1. The van der Waals surface area contributed by atoms with Crippen LogP contribution in [-0.2, 0) is 17.6 Å². The van der Waals surface area contributed by atoms with Crippen LogP contribution in [0.25, 0.3) is 21.9 Å². The second-order valence-electron chi connectivity index (χ2n) is 10.1. The van der Waals surface area contributed by atoms with Gasteiger partial charge in [-0.2, -0.15) is 13.2 Å². The maximum absolute atomic E-state index is 12.9. The van der Waals surface area contributed by atoms with E-state index >= 15 is 0 Å². The van der Waals surface area contributed by atoms with Crippen molar-refractivity contribution in [2.75, 3.05) is 38.6 Å². The standard InChI is InChI=1S/C29H32F3N5O2/c1-39-28(38)21-9-10-22-23(17-21)34-27-25(22)26(33-11-6-14-37-12-3-2-4-13-37)35-24(36-27)16-19-7-5-8-20(15-19)18-29(30,31)32/h5,7-10,15,17H,2-4,6,11-14,16,18H2,1H3,(H2,33,34,35,36). The number of halogens is 3. The van der Waals surface area contributed by atoms with E-state index in [4.69, 9.17) is 14.7 Å². The highest BCUT2D eigenvalue weighted by molar-refractivity contribution is 6.12. The summed E-state index contributed by atoms with van der Waals surface area (Å²) in [5, 5.41) is 5.17. The third-order valence-electron chi connectivity index (χ3n) is 7.07. The summed E-state index contributed by atoms with van der Waals surface area (Å²) in [7, 11) is 1.34. The van der Waals surface area contributed by atoms with Crippen LogP contribution in [0.3, 0.4) is 0 Å². The summed E-state index contributed by atoms with van der Waals surface area (Å²) >= 11 is 0. The molecule has 2 N–H and O–H groups in total. The normalized spacial score (nSPS) is 14.7. The summed E-state index contributed by atoms with van der Waals surface area (Å²) in [5.41, 5.74) is 2.65. The van der Waals surface area contributed by atoms with Gasteiger partial charge in [0.05, 0.1) is 24.5 Å². The number of carbonyl (C=O) groups excluding carboxylic acids is 1. The predicted molar refractivity (Wildman–Crippen MR) is 145 cm³/mol. The Hall–Kier alpha value is -3.66. The summed E-state index contributed by atoms with van der Waals surface area (Å²) in [6.45, 7) is 4.01. The van der Waals surface area contributed by atoms with Gasteiger partial charge in [-0.05, 0) is 62.2 Å². The number of fused-ring (bicyclic) bond motifs is 3. The number of esters is 1. The lowest BCUT2D eigenvalue weighted by Gasteiger charge is -2.26. The highest BCUT2D eigenvalue weighted by Crippen LogP contribution is 2.31. The molecule has 0 spiro atoms. The topological polar surface area (TPSA) is 83.1 Å². The molecule has 1 fully saturated rings. The summed E-state index contributed by atoms with van der Waals surface area (Å²) in [5.74, 6) is 0.722. The van der Waals surface area contributed by atoms with Crippen molar-refractivity contribution in [3.63, 3.8) is 0 Å². The van der Waals surface area contributed by atoms with Crippen LogP contribution < -0.4 is 5.32 Å². The van der Waals surface area contributed by atoms with Crippen molar-refractivity contribution in [3.05, 3.63) is 65.0 Å². The van der Waals surface area contributed by atoms with Gasteiger partial charge in [0.1, 0.15) is 17.3 Å². The molecule has 0 unspecified atom stereocenters. The number of methoxy groups -OCH3 is 1. The number of hydrogen-bond donors (Lipinski definition) is 2. The van der Waals surface area contributed by atoms with Gasteiger partial charge in [0.2, 0.25) is 0 Å². The van der Waals surface area contributed by atoms with Crippen molar-refractivity contribution in [1.29, 1.82) is 0 Å². The predicted octanol–water partition coefficient (Wildman–Crippen LogP) is 5.88. The molecule has 0 amide bonds. The third kappa shape index (κ3) is 6.68. The van der Waals surface area contributed by atoms with Gasteiger partial charge in [0.25, 0.3) is 0 Å². The third-order valence-corrected chi connectivity index (χ3v) is 7.07. The molecule has 39 heavy (non-hydrogen) atoms. The zero-order chi connectivity index (χ0) is 27.4. The fraction of sp³-hybridized carbons (Fsp3) is 0.414. The number of hydrogen-bond acceptors (Lipinski definition) is 6. The Kier molecular flexibility index (Phi) is 8.02. The Morgan fingerprint density at radius 1 is 1.08 bits per heavy atom. The van der Waals surface area contributed by atoms with Gasteiger partial charge in [0.15, 0.2) is 0 Å². The minimum absolute atomic E-state index is 0.207. The largest absolute Gasteiger partial charge is 0.465 e. The van der Waals surface area contributed by atoms with E-state index in [2.05, 4.69) is 15.2 Å². The van der Waals surface area contributed by atoms with Gasteiger partial charge in [-0.25, -0.2) is 14.8 Å². The van der Waals surface area contributed by atoms with E-state index in [0.29, 0.717) is 28.4 Å². The van der Waals surface area contributed by atoms with Gasteiger partial charge in [0, 0.05) is 23.9 Å². The first kappa shape index (κ1) is 26.9. The van der Waals surface area contributed by atoms with E-state index in [1.807, 2.05) is 6.07 Å². The van der Waals surface area contributed by atoms with Crippen molar-refractivity contribution in [2.45, 2.75) is 44.7 Å². The minimum Gasteiger partial charge on any atom is -0.465 e. The van der Waals surface area contributed by atoms with Gasteiger partial charge in [-0.3, -0.25) is 0 Å². The number of piperidine rings is 1. The van der Waals surface area contributed by atoms with Crippen LogP contribution in [0, 0.1) is 0 Å². The Morgan fingerprint density at radius 2 is 1.87 bits per heavy atom. The molecule has 0 radical (unpaired) electrons. The number of H-pyrrole nitrogens is 1. The molecule has 2 aromatic carbocycles. The highest BCUT2D eigenvalue weighted by Gasteiger charge is 2.27. The number of likely N-dealkylation sites (tertiary alicyclic amines) is 1. The molecule has 5 rings (SSSR count). The number of nitrogens with one attached hydrogen (secondary N) is 2.